The molecule has 0 radical (unpaired) electrons. The van der Waals surface area contributed by atoms with Crippen molar-refractivity contribution in [2.45, 2.75) is 25.8 Å². The fraction of sp³-hybridized carbons (Fsp3) is 0.269. The number of benzene rings is 2. The number of anilines is 1. The number of nitrogens with two attached hydrogens (primary N) is 1. The Morgan fingerprint density at radius 1 is 1.10 bits per heavy atom. The molecule has 1 fully saturated rings. The Bertz CT molecular complexity index is 1510. The molecule has 4 aromatic rings. The molecule has 1 saturated heterocycles. The Hall–Kier alpha value is -5.11. The van der Waals surface area contributed by atoms with E-state index in [2.05, 4.69) is 36.1 Å². The number of methoxy groups -OCH3 is 1. The molecule has 0 bridgehead atoms. The summed E-state index contributed by atoms with van der Waals surface area (Å²) in [6.07, 6.45) is 4.72. The van der Waals surface area contributed by atoms with Crippen molar-refractivity contribution in [1.82, 2.24) is 35.6 Å². The number of likely N-dealkylation sites (tertiary alicyclic amines) is 1. The number of amides is 1. The first kappa shape index (κ1) is 26.5. The van der Waals surface area contributed by atoms with Gasteiger partial charge in [0, 0.05) is 6.54 Å². The predicted molar refractivity (Wildman–Crippen MR) is 142 cm³/mol. The summed E-state index contributed by atoms with van der Waals surface area (Å²) >= 11 is 0. The maximum Gasteiger partial charge on any atom is 0.343 e. The zero-order valence-electron chi connectivity index (χ0n) is 21.7. The molecule has 40 heavy (non-hydrogen) atoms. The Morgan fingerprint density at radius 2 is 1.90 bits per heavy atom. The van der Waals surface area contributed by atoms with Gasteiger partial charge in [-0.1, -0.05) is 29.8 Å². The highest BCUT2D eigenvalue weighted by atomic mass is 16.6. The van der Waals surface area contributed by atoms with E-state index in [1.807, 2.05) is 6.07 Å². The highest BCUT2D eigenvalue weighted by Gasteiger charge is 2.26. The quantitative estimate of drug-likeness (QED) is 0.136. The van der Waals surface area contributed by atoms with E-state index < -0.39 is 11.9 Å². The van der Waals surface area contributed by atoms with Crippen LogP contribution in [0.4, 0.5) is 5.82 Å². The van der Waals surface area contributed by atoms with Crippen LogP contribution in [0.3, 0.4) is 0 Å². The third-order valence-electron chi connectivity index (χ3n) is 6.28. The number of piperidine rings is 1. The van der Waals surface area contributed by atoms with Gasteiger partial charge in [-0.3, -0.25) is 9.69 Å². The van der Waals surface area contributed by atoms with Gasteiger partial charge in [-0.2, -0.15) is 9.78 Å². The van der Waals surface area contributed by atoms with E-state index in [0.29, 0.717) is 29.1 Å². The highest BCUT2D eigenvalue weighted by Crippen LogP contribution is 2.28. The predicted octanol–water partition coefficient (Wildman–Crippen LogP) is 2.21. The monoisotopic (exact) mass is 545 g/mol. The minimum Gasteiger partial charge on any atom is -0.493 e. The molecule has 0 atom stereocenters. The van der Waals surface area contributed by atoms with E-state index in [4.69, 9.17) is 19.8 Å². The number of carbonyl (C=O) groups is 2. The SMILES string of the molecule is COc1cc(C=NNC(=O)c2nnn(-c3nonc3N)c2CN2CCCCC2)ccc1OC(=O)c1ccccc1. The Morgan fingerprint density at radius 3 is 2.62 bits per heavy atom. The van der Waals surface area contributed by atoms with Crippen molar-refractivity contribution < 1.29 is 23.7 Å². The molecule has 1 aliphatic rings. The Kier molecular flexibility index (Phi) is 8.06. The van der Waals surface area contributed by atoms with Crippen molar-refractivity contribution in [2.24, 2.45) is 5.10 Å². The van der Waals surface area contributed by atoms with E-state index >= 15 is 0 Å². The number of hydrogen-bond donors (Lipinski definition) is 2. The van der Waals surface area contributed by atoms with Crippen molar-refractivity contribution in [3.8, 4) is 17.3 Å². The van der Waals surface area contributed by atoms with E-state index in [0.717, 1.165) is 32.4 Å². The smallest absolute Gasteiger partial charge is 0.343 e. The molecular weight excluding hydrogens is 518 g/mol. The second-order valence-electron chi connectivity index (χ2n) is 8.97. The molecule has 2 aromatic carbocycles. The Labute approximate surface area is 228 Å². The van der Waals surface area contributed by atoms with Crippen molar-refractivity contribution in [2.75, 3.05) is 25.9 Å². The molecule has 0 unspecified atom stereocenters. The maximum atomic E-state index is 13.1. The standard InChI is InChI=1S/C26H27N9O5/c1-38-21-14-17(10-11-20(21)39-26(37)18-8-4-2-5-9-18)15-28-30-25(36)22-19(16-34-12-6-3-7-13-34)35(33-29-22)24-23(27)31-40-32-24/h2,4-5,8-11,14-15H,3,6-7,12-13,16H2,1H3,(H2,27,31)(H,30,36). The fourth-order valence-corrected chi connectivity index (χ4v) is 4.26. The lowest BCUT2D eigenvalue weighted by atomic mass is 10.1. The lowest BCUT2D eigenvalue weighted by molar-refractivity contribution is 0.0729. The molecule has 1 aliphatic heterocycles. The summed E-state index contributed by atoms with van der Waals surface area (Å²) in [6, 6.07) is 13.5. The third kappa shape index (κ3) is 5.96. The summed E-state index contributed by atoms with van der Waals surface area (Å²) in [4.78, 5) is 27.7. The van der Waals surface area contributed by atoms with Crippen LogP contribution in [0.2, 0.25) is 0 Å². The summed E-state index contributed by atoms with van der Waals surface area (Å²) in [6.45, 7) is 2.18. The normalized spacial score (nSPS) is 13.8. The van der Waals surface area contributed by atoms with Gasteiger partial charge < -0.3 is 15.2 Å². The molecule has 5 rings (SSSR count). The molecule has 0 saturated carbocycles. The number of carbonyl (C=O) groups excluding carboxylic acids is 2. The first-order valence-electron chi connectivity index (χ1n) is 12.6. The van der Waals surface area contributed by atoms with Crippen molar-refractivity contribution in [3.05, 3.63) is 71.0 Å². The summed E-state index contributed by atoms with van der Waals surface area (Å²) < 4.78 is 16.9. The van der Waals surface area contributed by atoms with Gasteiger partial charge in [0.2, 0.25) is 11.6 Å². The lowest BCUT2D eigenvalue weighted by Crippen LogP contribution is -2.31. The number of nitrogens with one attached hydrogen (secondary N) is 1. The number of hydrazone groups is 1. The number of hydrogen-bond acceptors (Lipinski definition) is 12. The van der Waals surface area contributed by atoms with Crippen molar-refractivity contribution in [1.29, 1.82) is 0 Å². The molecule has 14 nitrogen and oxygen atoms in total. The number of esters is 1. The summed E-state index contributed by atoms with van der Waals surface area (Å²) in [5, 5.41) is 19.6. The molecule has 2 aromatic heterocycles. The van der Waals surface area contributed by atoms with Gasteiger partial charge in [0.05, 0.1) is 24.6 Å². The van der Waals surface area contributed by atoms with Crippen LogP contribution in [-0.4, -0.2) is 68.5 Å². The van der Waals surface area contributed by atoms with Gasteiger partial charge in [-0.15, -0.1) is 5.10 Å². The van der Waals surface area contributed by atoms with Gasteiger partial charge in [-0.05, 0) is 72.1 Å². The number of ether oxygens (including phenoxy) is 2. The van der Waals surface area contributed by atoms with Crippen LogP contribution < -0.4 is 20.6 Å². The van der Waals surface area contributed by atoms with Crippen LogP contribution in [0.25, 0.3) is 5.82 Å². The zero-order valence-corrected chi connectivity index (χ0v) is 21.7. The molecule has 1 amide bonds. The van der Waals surface area contributed by atoms with E-state index in [1.54, 1.807) is 42.5 Å². The molecular formula is C26H27N9O5. The lowest BCUT2D eigenvalue weighted by Gasteiger charge is -2.26. The van der Waals surface area contributed by atoms with Crippen LogP contribution in [0, 0.1) is 0 Å². The number of rotatable bonds is 9. The third-order valence-corrected chi connectivity index (χ3v) is 6.28. The van der Waals surface area contributed by atoms with Crippen molar-refractivity contribution in [3.63, 3.8) is 0 Å². The highest BCUT2D eigenvalue weighted by molar-refractivity contribution is 5.94. The van der Waals surface area contributed by atoms with Crippen LogP contribution >= 0.6 is 0 Å². The topological polar surface area (TPSA) is 176 Å². The fourth-order valence-electron chi connectivity index (χ4n) is 4.26. The first-order valence-corrected chi connectivity index (χ1v) is 12.6. The summed E-state index contributed by atoms with van der Waals surface area (Å²) in [7, 11) is 1.46. The minimum atomic E-state index is -0.565. The van der Waals surface area contributed by atoms with Gasteiger partial charge in [0.1, 0.15) is 0 Å². The molecule has 14 heteroatoms. The second kappa shape index (κ2) is 12.2. The largest absolute Gasteiger partial charge is 0.493 e. The van der Waals surface area contributed by atoms with Crippen LogP contribution in [0.5, 0.6) is 11.5 Å². The molecule has 0 spiro atoms. The summed E-state index contributed by atoms with van der Waals surface area (Å²) in [5.41, 5.74) is 9.92. The number of nitrogen functional groups attached to an aromatic ring is 1. The average molecular weight is 546 g/mol. The van der Waals surface area contributed by atoms with E-state index in [1.165, 1.54) is 18.0 Å². The van der Waals surface area contributed by atoms with Gasteiger partial charge >= 0.3 is 5.97 Å². The average Bonchev–Trinajstić information content (AvgIpc) is 3.60. The summed E-state index contributed by atoms with van der Waals surface area (Å²) in [5.74, 6) is -0.318. The van der Waals surface area contributed by atoms with Crippen LogP contribution in [-0.2, 0) is 6.54 Å². The molecule has 0 aliphatic carbocycles. The number of aromatic nitrogens is 5. The van der Waals surface area contributed by atoms with Crippen molar-refractivity contribution >= 4 is 23.9 Å². The zero-order chi connectivity index (χ0) is 27.9. The van der Waals surface area contributed by atoms with Gasteiger partial charge in [0.25, 0.3) is 5.91 Å². The minimum absolute atomic E-state index is 0.0293. The number of nitrogens with zero attached hydrogens (tertiary/aromatic N) is 7. The molecule has 3 N–H and O–H groups in total. The first-order chi connectivity index (χ1) is 19.5. The maximum absolute atomic E-state index is 13.1. The second-order valence-corrected chi connectivity index (χ2v) is 8.97. The van der Waals surface area contributed by atoms with E-state index in [-0.39, 0.29) is 23.1 Å². The molecule has 3 heterocycles. The van der Waals surface area contributed by atoms with Crippen LogP contribution in [0.1, 0.15) is 51.4 Å². The Balaban J connectivity index is 1.30. The molecule has 206 valence electrons. The van der Waals surface area contributed by atoms with Gasteiger partial charge in [-0.25, -0.2) is 14.8 Å². The van der Waals surface area contributed by atoms with E-state index in [9.17, 15) is 9.59 Å². The van der Waals surface area contributed by atoms with Gasteiger partial charge in [0.15, 0.2) is 17.2 Å². The van der Waals surface area contributed by atoms with Crippen LogP contribution in [0.15, 0.2) is 58.3 Å².